The topological polar surface area (TPSA) is 69.5 Å². The fourth-order valence-electron chi connectivity index (χ4n) is 2.90. The number of ether oxygens (including phenoxy) is 2. The molecule has 2 aromatic rings. The monoisotopic (exact) mass is 330 g/mol. The summed E-state index contributed by atoms with van der Waals surface area (Å²) in [4.78, 5) is 13.5. The first-order valence-electron chi connectivity index (χ1n) is 8.11. The predicted molar refractivity (Wildman–Crippen MR) is 89.0 cm³/mol. The number of methoxy groups -OCH3 is 2. The Balaban J connectivity index is 1.61. The molecule has 0 N–H and O–H groups in total. The van der Waals surface area contributed by atoms with Crippen molar-refractivity contribution in [3.63, 3.8) is 0 Å². The molecule has 0 spiro atoms. The Hall–Kier alpha value is -2.57. The van der Waals surface area contributed by atoms with E-state index in [1.54, 1.807) is 14.2 Å². The van der Waals surface area contributed by atoms with E-state index in [1.165, 1.54) is 0 Å². The molecular formula is C17H22N4O3. The largest absolute Gasteiger partial charge is 0.493 e. The van der Waals surface area contributed by atoms with Gasteiger partial charge in [-0.1, -0.05) is 5.21 Å². The zero-order valence-electron chi connectivity index (χ0n) is 14.1. The van der Waals surface area contributed by atoms with E-state index in [1.807, 2.05) is 34.0 Å². The van der Waals surface area contributed by atoms with Crippen molar-refractivity contribution in [2.75, 3.05) is 27.3 Å². The lowest BCUT2D eigenvalue weighted by atomic mass is 10.1. The molecule has 1 saturated heterocycles. The summed E-state index contributed by atoms with van der Waals surface area (Å²) in [6.07, 6.45) is 4.45. The third kappa shape index (κ3) is 3.50. The van der Waals surface area contributed by atoms with Crippen molar-refractivity contribution in [1.29, 1.82) is 0 Å². The molecule has 1 aromatic heterocycles. The molecule has 1 aliphatic heterocycles. The molecule has 0 atom stereocenters. The number of nitrogens with zero attached hydrogens (tertiary/aromatic N) is 4. The van der Waals surface area contributed by atoms with Crippen LogP contribution in [-0.4, -0.2) is 53.1 Å². The fraction of sp³-hybridized carbons (Fsp3) is 0.471. The summed E-state index contributed by atoms with van der Waals surface area (Å²) in [6, 6.07) is 5.67. The Labute approximate surface area is 141 Å². The first-order chi connectivity index (χ1) is 11.7. The van der Waals surface area contributed by atoms with Crippen molar-refractivity contribution in [2.24, 2.45) is 0 Å². The number of rotatable bonds is 7. The summed E-state index contributed by atoms with van der Waals surface area (Å²) in [5.41, 5.74) is 1.71. The Morgan fingerprint density at radius 1 is 1.17 bits per heavy atom. The smallest absolute Gasteiger partial charge is 0.222 e. The zero-order valence-corrected chi connectivity index (χ0v) is 14.1. The molecule has 2 heterocycles. The number of aromatic nitrogens is 3. The first kappa shape index (κ1) is 16.3. The molecule has 1 amide bonds. The average Bonchev–Trinajstić information content (AvgIpc) is 3.24. The zero-order chi connectivity index (χ0) is 16.9. The van der Waals surface area contributed by atoms with Gasteiger partial charge in [-0.05, 0) is 31.0 Å². The summed E-state index contributed by atoms with van der Waals surface area (Å²) in [6.45, 7) is 2.40. The average molecular weight is 330 g/mol. The van der Waals surface area contributed by atoms with Gasteiger partial charge in [-0.25, -0.2) is 0 Å². The van der Waals surface area contributed by atoms with Gasteiger partial charge in [-0.2, -0.15) is 0 Å². The molecule has 1 fully saturated rings. The van der Waals surface area contributed by atoms with Crippen LogP contribution in [0.25, 0.3) is 11.3 Å². The highest BCUT2D eigenvalue weighted by Crippen LogP contribution is 2.31. The number of amides is 1. The molecule has 0 saturated carbocycles. The number of carbonyl (C=O) groups is 1. The van der Waals surface area contributed by atoms with Gasteiger partial charge in [0.05, 0.1) is 20.4 Å². The van der Waals surface area contributed by atoms with Crippen LogP contribution in [0.1, 0.15) is 19.3 Å². The normalized spacial score (nSPS) is 14.2. The summed E-state index contributed by atoms with van der Waals surface area (Å²) < 4.78 is 12.4. The summed E-state index contributed by atoms with van der Waals surface area (Å²) in [7, 11) is 3.22. The Morgan fingerprint density at radius 3 is 2.71 bits per heavy atom. The van der Waals surface area contributed by atoms with Crippen LogP contribution < -0.4 is 9.47 Å². The van der Waals surface area contributed by atoms with Crippen molar-refractivity contribution in [2.45, 2.75) is 25.8 Å². The van der Waals surface area contributed by atoms with Gasteiger partial charge in [0.2, 0.25) is 5.91 Å². The summed E-state index contributed by atoms with van der Waals surface area (Å²) >= 11 is 0. The molecule has 24 heavy (non-hydrogen) atoms. The Kier molecular flexibility index (Phi) is 4.98. The van der Waals surface area contributed by atoms with Crippen LogP contribution in [0.3, 0.4) is 0 Å². The highest BCUT2D eigenvalue weighted by atomic mass is 16.5. The van der Waals surface area contributed by atoms with E-state index in [0.29, 0.717) is 17.9 Å². The van der Waals surface area contributed by atoms with Gasteiger partial charge in [0, 0.05) is 31.6 Å². The highest BCUT2D eigenvalue weighted by molar-refractivity contribution is 5.78. The van der Waals surface area contributed by atoms with Gasteiger partial charge in [-0.3, -0.25) is 9.48 Å². The molecule has 0 bridgehead atoms. The molecule has 7 nitrogen and oxygen atoms in total. The number of aryl methyl sites for hydroxylation is 1. The van der Waals surface area contributed by atoms with Gasteiger partial charge in [0.1, 0.15) is 5.69 Å². The lowest BCUT2D eigenvalue weighted by Gasteiger charge is -2.14. The maximum atomic E-state index is 11.6. The molecule has 0 radical (unpaired) electrons. The minimum absolute atomic E-state index is 0.264. The van der Waals surface area contributed by atoms with E-state index < -0.39 is 0 Å². The Morgan fingerprint density at radius 2 is 2.00 bits per heavy atom. The van der Waals surface area contributed by atoms with E-state index >= 15 is 0 Å². The van der Waals surface area contributed by atoms with E-state index in [2.05, 4.69) is 10.3 Å². The van der Waals surface area contributed by atoms with Gasteiger partial charge >= 0.3 is 0 Å². The third-order valence-corrected chi connectivity index (χ3v) is 4.20. The van der Waals surface area contributed by atoms with Crippen LogP contribution in [0.4, 0.5) is 0 Å². The predicted octanol–water partition coefficient (Wildman–Crippen LogP) is 1.97. The lowest BCUT2D eigenvalue weighted by molar-refractivity contribution is -0.127. The molecule has 3 rings (SSSR count). The number of hydrogen-bond acceptors (Lipinski definition) is 5. The van der Waals surface area contributed by atoms with Gasteiger partial charge in [-0.15, -0.1) is 5.10 Å². The molecular weight excluding hydrogens is 308 g/mol. The molecule has 128 valence electrons. The van der Waals surface area contributed by atoms with Gasteiger partial charge < -0.3 is 14.4 Å². The second-order valence-corrected chi connectivity index (χ2v) is 5.77. The second kappa shape index (κ2) is 7.33. The third-order valence-electron chi connectivity index (χ3n) is 4.20. The van der Waals surface area contributed by atoms with Gasteiger partial charge in [0.15, 0.2) is 11.5 Å². The van der Waals surface area contributed by atoms with E-state index in [-0.39, 0.29) is 5.91 Å². The van der Waals surface area contributed by atoms with Crippen LogP contribution in [0.15, 0.2) is 24.4 Å². The van der Waals surface area contributed by atoms with Crippen molar-refractivity contribution < 1.29 is 14.3 Å². The minimum atomic E-state index is 0.264. The van der Waals surface area contributed by atoms with Crippen molar-refractivity contribution in [3.8, 4) is 22.8 Å². The fourth-order valence-corrected chi connectivity index (χ4v) is 2.90. The van der Waals surface area contributed by atoms with Crippen LogP contribution in [0.2, 0.25) is 0 Å². The van der Waals surface area contributed by atoms with Crippen molar-refractivity contribution >= 4 is 5.91 Å². The minimum Gasteiger partial charge on any atom is -0.493 e. The first-order valence-corrected chi connectivity index (χ1v) is 8.11. The number of carbonyl (C=O) groups excluding carboxylic acids is 1. The second-order valence-electron chi connectivity index (χ2n) is 5.77. The Bertz CT molecular complexity index is 714. The highest BCUT2D eigenvalue weighted by Gasteiger charge is 2.19. The number of likely N-dealkylation sites (tertiary alicyclic amines) is 1. The quantitative estimate of drug-likeness (QED) is 0.776. The molecule has 1 aromatic carbocycles. The van der Waals surface area contributed by atoms with E-state index in [0.717, 1.165) is 43.7 Å². The SMILES string of the molecule is COc1ccc(-c2cn(CCCN3CCCC3=O)nn2)cc1OC. The van der Waals surface area contributed by atoms with Crippen LogP contribution in [0, 0.1) is 0 Å². The number of benzene rings is 1. The summed E-state index contributed by atoms with van der Waals surface area (Å²) in [5, 5.41) is 8.38. The maximum Gasteiger partial charge on any atom is 0.222 e. The van der Waals surface area contributed by atoms with Crippen LogP contribution in [-0.2, 0) is 11.3 Å². The molecule has 0 aliphatic carbocycles. The standard InChI is InChI=1S/C17H22N4O3/c1-23-15-7-6-13(11-16(15)24-2)14-12-21(19-18-14)10-4-9-20-8-3-5-17(20)22/h6-7,11-12H,3-5,8-10H2,1-2H3. The summed E-state index contributed by atoms with van der Waals surface area (Å²) in [5.74, 6) is 1.61. The van der Waals surface area contributed by atoms with Crippen LogP contribution >= 0.6 is 0 Å². The van der Waals surface area contributed by atoms with Gasteiger partial charge in [0.25, 0.3) is 0 Å². The van der Waals surface area contributed by atoms with Crippen molar-refractivity contribution in [1.82, 2.24) is 19.9 Å². The van der Waals surface area contributed by atoms with Crippen LogP contribution in [0.5, 0.6) is 11.5 Å². The molecule has 7 heteroatoms. The maximum absolute atomic E-state index is 11.6. The molecule has 0 unspecified atom stereocenters. The van der Waals surface area contributed by atoms with E-state index in [4.69, 9.17) is 9.47 Å². The van der Waals surface area contributed by atoms with E-state index in [9.17, 15) is 4.79 Å². The lowest BCUT2D eigenvalue weighted by Crippen LogP contribution is -2.26. The number of hydrogen-bond donors (Lipinski definition) is 0. The van der Waals surface area contributed by atoms with Crippen molar-refractivity contribution in [3.05, 3.63) is 24.4 Å². The molecule has 1 aliphatic rings.